The lowest BCUT2D eigenvalue weighted by molar-refractivity contribution is 0.0894. The molecule has 1 amide bonds. The molecular weight excluding hydrogens is 391 g/mol. The molecule has 2 aromatic heterocycles. The Hall–Kier alpha value is -3.53. The van der Waals surface area contributed by atoms with Crippen LogP contribution in [0.4, 0.5) is 10.3 Å². The van der Waals surface area contributed by atoms with Gasteiger partial charge in [-0.2, -0.15) is 14.5 Å². The Kier molecular flexibility index (Phi) is 5.57. The number of aliphatic hydroxyl groups is 1. The second-order valence-electron chi connectivity index (χ2n) is 6.99. The highest BCUT2D eigenvalue weighted by Crippen LogP contribution is 2.21. The zero-order valence-electron chi connectivity index (χ0n) is 16.3. The van der Waals surface area contributed by atoms with Crippen LogP contribution < -0.4 is 15.0 Å². The van der Waals surface area contributed by atoms with E-state index in [0.717, 1.165) is 11.9 Å². The van der Waals surface area contributed by atoms with Gasteiger partial charge in [0, 0.05) is 37.1 Å². The lowest BCUT2D eigenvalue weighted by Crippen LogP contribution is -2.53. The summed E-state index contributed by atoms with van der Waals surface area (Å²) in [6, 6.07) is 8.56. The maximum Gasteiger partial charge on any atom is 0.255 e. The van der Waals surface area contributed by atoms with Gasteiger partial charge in [-0.25, -0.2) is 9.67 Å². The summed E-state index contributed by atoms with van der Waals surface area (Å²) in [5.41, 5.74) is 1.25. The quantitative estimate of drug-likeness (QED) is 0.648. The van der Waals surface area contributed by atoms with Gasteiger partial charge in [-0.1, -0.05) is 6.07 Å². The van der Waals surface area contributed by atoms with Gasteiger partial charge in [0.1, 0.15) is 0 Å². The first kappa shape index (κ1) is 19.8. The van der Waals surface area contributed by atoms with Crippen LogP contribution in [0.5, 0.6) is 5.88 Å². The summed E-state index contributed by atoms with van der Waals surface area (Å²) in [5, 5.41) is 17.4. The first-order valence-corrected chi connectivity index (χ1v) is 9.44. The Morgan fingerprint density at radius 3 is 2.97 bits per heavy atom. The summed E-state index contributed by atoms with van der Waals surface area (Å²) in [4.78, 5) is 22.5. The Morgan fingerprint density at radius 1 is 1.33 bits per heavy atom. The van der Waals surface area contributed by atoms with Crippen LogP contribution >= 0.6 is 0 Å². The number of carbonyl (C=O) groups excluding carboxylic acids is 1. The number of anilines is 1. The highest BCUT2D eigenvalue weighted by molar-refractivity contribution is 5.95. The van der Waals surface area contributed by atoms with Crippen molar-refractivity contribution < 1.29 is 19.0 Å². The van der Waals surface area contributed by atoms with E-state index < -0.39 is 11.9 Å². The molecule has 1 aliphatic heterocycles. The summed E-state index contributed by atoms with van der Waals surface area (Å²) >= 11 is 0. The zero-order chi connectivity index (χ0) is 21.1. The van der Waals surface area contributed by atoms with Crippen LogP contribution in [-0.2, 0) is 0 Å². The molecule has 1 fully saturated rings. The number of aliphatic hydroxyl groups excluding tert-OH is 1. The Labute approximate surface area is 172 Å². The molecule has 9 nitrogen and oxygen atoms in total. The van der Waals surface area contributed by atoms with Crippen LogP contribution in [0.3, 0.4) is 0 Å². The predicted octanol–water partition coefficient (Wildman–Crippen LogP) is 1.18. The van der Waals surface area contributed by atoms with E-state index in [1.165, 1.54) is 7.11 Å². The molecule has 1 aliphatic rings. The molecule has 3 heterocycles. The van der Waals surface area contributed by atoms with Gasteiger partial charge in [0.05, 0.1) is 25.1 Å². The number of nitrogens with zero attached hydrogens (tertiary/aromatic N) is 5. The minimum Gasteiger partial charge on any atom is -0.479 e. The van der Waals surface area contributed by atoms with Crippen LogP contribution in [-0.4, -0.2) is 63.1 Å². The minimum atomic E-state index is -0.695. The summed E-state index contributed by atoms with van der Waals surface area (Å²) in [5.74, 6) is -0.871. The lowest BCUT2D eigenvalue weighted by Gasteiger charge is -2.36. The molecule has 4 rings (SSSR count). The molecule has 2 atom stereocenters. The standard InChI is InChI=1S/C20H21FN6O3/c1-30-19-17(21)10-22-20(25-19)26-11-14(9-16(28)12-26)24-18(29)13-4-2-5-15(8-13)27-7-3-6-23-27/h2-8,10,14,16,28H,9,11-12H2,1H3,(H,24,29)/t14-,16+/m0/s1. The van der Waals surface area contributed by atoms with Gasteiger partial charge in [-0.05, 0) is 30.7 Å². The fourth-order valence-corrected chi connectivity index (χ4v) is 3.46. The smallest absolute Gasteiger partial charge is 0.255 e. The van der Waals surface area contributed by atoms with Crippen LogP contribution in [0.25, 0.3) is 5.69 Å². The molecule has 156 valence electrons. The van der Waals surface area contributed by atoms with Crippen molar-refractivity contribution in [2.45, 2.75) is 18.6 Å². The summed E-state index contributed by atoms with van der Waals surface area (Å²) in [7, 11) is 1.32. The number of piperidine rings is 1. The molecule has 0 aliphatic carbocycles. The average Bonchev–Trinajstić information content (AvgIpc) is 3.29. The molecule has 30 heavy (non-hydrogen) atoms. The molecule has 3 aromatic rings. The average molecular weight is 412 g/mol. The lowest BCUT2D eigenvalue weighted by atomic mass is 10.0. The molecule has 0 bridgehead atoms. The number of rotatable bonds is 5. The predicted molar refractivity (Wildman–Crippen MR) is 106 cm³/mol. The van der Waals surface area contributed by atoms with Gasteiger partial charge in [0.2, 0.25) is 11.8 Å². The highest BCUT2D eigenvalue weighted by atomic mass is 19.1. The third-order valence-electron chi connectivity index (χ3n) is 4.82. The molecule has 0 spiro atoms. The van der Waals surface area contributed by atoms with E-state index in [9.17, 15) is 14.3 Å². The van der Waals surface area contributed by atoms with Crippen LogP contribution in [0.15, 0.2) is 48.9 Å². The second kappa shape index (κ2) is 8.46. The van der Waals surface area contributed by atoms with Gasteiger partial charge in [0.15, 0.2) is 0 Å². The largest absolute Gasteiger partial charge is 0.479 e. The van der Waals surface area contributed by atoms with Crippen LogP contribution in [0.1, 0.15) is 16.8 Å². The molecule has 0 radical (unpaired) electrons. The van der Waals surface area contributed by atoms with Gasteiger partial charge >= 0.3 is 0 Å². The van der Waals surface area contributed by atoms with Gasteiger partial charge in [-0.3, -0.25) is 4.79 Å². The van der Waals surface area contributed by atoms with Gasteiger partial charge in [0.25, 0.3) is 11.8 Å². The SMILES string of the molecule is COc1nc(N2C[C@H](O)C[C@H](NC(=O)c3cccc(-n4cccn4)c3)C2)ncc1F. The minimum absolute atomic E-state index is 0.170. The molecule has 0 unspecified atom stereocenters. The number of hydrogen-bond donors (Lipinski definition) is 2. The molecule has 10 heteroatoms. The van der Waals surface area contributed by atoms with Crippen molar-refractivity contribution in [2.75, 3.05) is 25.1 Å². The Morgan fingerprint density at radius 2 is 2.20 bits per heavy atom. The number of methoxy groups -OCH3 is 1. The summed E-state index contributed by atoms with van der Waals surface area (Å²) < 4.78 is 20.2. The van der Waals surface area contributed by atoms with Crippen molar-refractivity contribution in [3.05, 3.63) is 60.3 Å². The van der Waals surface area contributed by atoms with Gasteiger partial charge < -0.3 is 20.1 Å². The van der Waals surface area contributed by atoms with Crippen molar-refractivity contribution in [2.24, 2.45) is 0 Å². The van der Waals surface area contributed by atoms with Gasteiger partial charge in [-0.15, -0.1) is 0 Å². The number of aromatic nitrogens is 4. The maximum absolute atomic E-state index is 13.6. The first-order valence-electron chi connectivity index (χ1n) is 9.44. The molecule has 1 saturated heterocycles. The molecule has 1 aromatic carbocycles. The number of amides is 1. The van der Waals surface area contributed by atoms with E-state index in [4.69, 9.17) is 4.74 Å². The van der Waals surface area contributed by atoms with Crippen molar-refractivity contribution in [1.82, 2.24) is 25.1 Å². The molecule has 0 saturated carbocycles. The van der Waals surface area contributed by atoms with E-state index in [1.807, 2.05) is 6.07 Å². The van der Waals surface area contributed by atoms with Crippen molar-refractivity contribution in [3.63, 3.8) is 0 Å². The fourth-order valence-electron chi connectivity index (χ4n) is 3.46. The Balaban J connectivity index is 1.48. The van der Waals surface area contributed by atoms with E-state index in [-0.39, 0.29) is 30.3 Å². The fraction of sp³-hybridized carbons (Fsp3) is 0.300. The summed E-state index contributed by atoms with van der Waals surface area (Å²) in [6.45, 7) is 0.645. The number of β-amino-alcohol motifs (C(OH)–C–C–N with tert-alkyl or cyclic N) is 1. The van der Waals surface area contributed by atoms with E-state index in [1.54, 1.807) is 46.2 Å². The zero-order valence-corrected chi connectivity index (χ0v) is 16.3. The number of hydrogen-bond acceptors (Lipinski definition) is 7. The van der Waals surface area contributed by atoms with Crippen molar-refractivity contribution >= 4 is 11.9 Å². The van der Waals surface area contributed by atoms with Crippen LogP contribution in [0, 0.1) is 5.82 Å². The van der Waals surface area contributed by atoms with Crippen molar-refractivity contribution in [3.8, 4) is 11.6 Å². The maximum atomic E-state index is 13.6. The Bertz CT molecular complexity index is 1030. The number of ether oxygens (including phenoxy) is 1. The van der Waals surface area contributed by atoms with Crippen molar-refractivity contribution in [1.29, 1.82) is 0 Å². The number of benzene rings is 1. The number of carbonyl (C=O) groups is 1. The van der Waals surface area contributed by atoms with E-state index >= 15 is 0 Å². The third kappa shape index (κ3) is 4.23. The first-order chi connectivity index (χ1) is 14.5. The van der Waals surface area contributed by atoms with E-state index in [2.05, 4.69) is 20.4 Å². The second-order valence-corrected chi connectivity index (χ2v) is 6.99. The van der Waals surface area contributed by atoms with E-state index in [0.29, 0.717) is 18.5 Å². The summed E-state index contributed by atoms with van der Waals surface area (Å²) in [6.07, 6.45) is 4.18. The monoisotopic (exact) mass is 412 g/mol. The topological polar surface area (TPSA) is 105 Å². The third-order valence-corrected chi connectivity index (χ3v) is 4.82. The normalized spacial score (nSPS) is 18.8. The molecule has 2 N–H and O–H groups in total. The highest BCUT2D eigenvalue weighted by Gasteiger charge is 2.29. The number of halogens is 1. The molecular formula is C20H21FN6O3. The van der Waals surface area contributed by atoms with Crippen LogP contribution in [0.2, 0.25) is 0 Å². The number of nitrogens with one attached hydrogen (secondary N) is 1.